The molecule has 0 amide bonds. The van der Waals surface area contributed by atoms with Gasteiger partial charge in [0.25, 0.3) is 5.56 Å². The molecule has 118 valence electrons. The molecule has 7 nitrogen and oxygen atoms in total. The van der Waals surface area contributed by atoms with Crippen LogP contribution in [0.15, 0.2) is 41.3 Å². The van der Waals surface area contributed by atoms with Crippen molar-refractivity contribution >= 4 is 16.7 Å². The predicted molar refractivity (Wildman–Crippen MR) is 89.2 cm³/mol. The summed E-state index contributed by atoms with van der Waals surface area (Å²) in [5.74, 6) is 0. The van der Waals surface area contributed by atoms with Crippen LogP contribution >= 0.6 is 0 Å². The molecule has 3 aromatic rings. The summed E-state index contributed by atoms with van der Waals surface area (Å²) in [6.45, 7) is 4.23. The Labute approximate surface area is 133 Å². The Kier molecular flexibility index (Phi) is 3.34. The van der Waals surface area contributed by atoms with E-state index in [-0.39, 0.29) is 5.56 Å². The SMILES string of the molecule is CN1CCN(c2ccc(-n3[nH]c(=O)c4nnccc43)cc2)CC1. The van der Waals surface area contributed by atoms with Crippen molar-refractivity contribution < 1.29 is 0 Å². The lowest BCUT2D eigenvalue weighted by Crippen LogP contribution is -2.44. The average molecular weight is 310 g/mol. The summed E-state index contributed by atoms with van der Waals surface area (Å²) in [5, 5.41) is 10.5. The maximum atomic E-state index is 11.9. The Morgan fingerprint density at radius 2 is 1.70 bits per heavy atom. The van der Waals surface area contributed by atoms with E-state index in [2.05, 4.69) is 44.3 Å². The molecule has 3 heterocycles. The zero-order chi connectivity index (χ0) is 15.8. The third-order valence-electron chi connectivity index (χ3n) is 4.35. The van der Waals surface area contributed by atoms with Crippen molar-refractivity contribution in [2.45, 2.75) is 0 Å². The molecule has 7 heteroatoms. The number of nitrogens with one attached hydrogen (secondary N) is 1. The fourth-order valence-corrected chi connectivity index (χ4v) is 2.96. The Balaban J connectivity index is 1.66. The molecule has 1 N–H and O–H groups in total. The van der Waals surface area contributed by atoms with Crippen molar-refractivity contribution in [3.8, 4) is 5.69 Å². The van der Waals surface area contributed by atoms with Crippen LogP contribution < -0.4 is 10.5 Å². The third kappa shape index (κ3) is 2.49. The number of nitrogens with zero attached hydrogens (tertiary/aromatic N) is 5. The highest BCUT2D eigenvalue weighted by Gasteiger charge is 2.14. The zero-order valence-electron chi connectivity index (χ0n) is 12.9. The zero-order valence-corrected chi connectivity index (χ0v) is 12.9. The van der Waals surface area contributed by atoms with Crippen molar-refractivity contribution in [2.24, 2.45) is 0 Å². The third-order valence-corrected chi connectivity index (χ3v) is 4.35. The van der Waals surface area contributed by atoms with Gasteiger partial charge in [-0.2, -0.15) is 5.10 Å². The minimum atomic E-state index is -0.226. The highest BCUT2D eigenvalue weighted by molar-refractivity contribution is 5.75. The number of anilines is 1. The van der Waals surface area contributed by atoms with Gasteiger partial charge >= 0.3 is 0 Å². The van der Waals surface area contributed by atoms with Gasteiger partial charge in [-0.1, -0.05) is 0 Å². The highest BCUT2D eigenvalue weighted by atomic mass is 16.1. The molecule has 1 fully saturated rings. The molecule has 1 saturated heterocycles. The van der Waals surface area contributed by atoms with Crippen molar-refractivity contribution in [3.05, 3.63) is 46.9 Å². The van der Waals surface area contributed by atoms with Gasteiger partial charge in [-0.3, -0.25) is 14.6 Å². The summed E-state index contributed by atoms with van der Waals surface area (Å²) in [7, 11) is 2.15. The molecule has 0 atom stereocenters. The van der Waals surface area contributed by atoms with Gasteiger partial charge in [0.05, 0.1) is 17.4 Å². The van der Waals surface area contributed by atoms with Crippen LogP contribution in [0, 0.1) is 0 Å². The quantitative estimate of drug-likeness (QED) is 0.760. The summed E-state index contributed by atoms with van der Waals surface area (Å²) >= 11 is 0. The molecule has 1 aliphatic rings. The van der Waals surface area contributed by atoms with E-state index in [1.807, 2.05) is 12.1 Å². The Morgan fingerprint density at radius 3 is 2.43 bits per heavy atom. The molecule has 0 saturated carbocycles. The summed E-state index contributed by atoms with van der Waals surface area (Å²) in [5.41, 5.74) is 2.98. The minimum Gasteiger partial charge on any atom is -0.369 e. The summed E-state index contributed by atoms with van der Waals surface area (Å²) in [4.78, 5) is 16.6. The van der Waals surface area contributed by atoms with E-state index >= 15 is 0 Å². The minimum absolute atomic E-state index is 0.226. The van der Waals surface area contributed by atoms with Crippen LogP contribution in [0.2, 0.25) is 0 Å². The molecular formula is C16H18N6O. The van der Waals surface area contributed by atoms with E-state index in [1.54, 1.807) is 16.9 Å². The largest absolute Gasteiger partial charge is 0.369 e. The number of fused-ring (bicyclic) bond motifs is 1. The van der Waals surface area contributed by atoms with E-state index in [4.69, 9.17) is 0 Å². The fraction of sp³-hybridized carbons (Fsp3) is 0.312. The van der Waals surface area contributed by atoms with Crippen LogP contribution in [0.3, 0.4) is 0 Å². The lowest BCUT2D eigenvalue weighted by molar-refractivity contribution is 0.313. The van der Waals surface area contributed by atoms with Gasteiger partial charge in [0.1, 0.15) is 0 Å². The van der Waals surface area contributed by atoms with Crippen LogP contribution in [0.4, 0.5) is 5.69 Å². The lowest BCUT2D eigenvalue weighted by Gasteiger charge is -2.34. The Bertz CT molecular complexity index is 873. The first-order valence-electron chi connectivity index (χ1n) is 7.69. The van der Waals surface area contributed by atoms with Crippen LogP contribution in [0.5, 0.6) is 0 Å². The molecule has 0 bridgehead atoms. The molecule has 0 aliphatic carbocycles. The number of H-pyrrole nitrogens is 1. The first-order chi connectivity index (χ1) is 11.2. The topological polar surface area (TPSA) is 70.0 Å². The number of aromatic amines is 1. The van der Waals surface area contributed by atoms with E-state index in [0.717, 1.165) is 37.4 Å². The number of rotatable bonds is 2. The van der Waals surface area contributed by atoms with Crippen molar-refractivity contribution in [1.82, 2.24) is 24.9 Å². The molecule has 4 rings (SSSR count). The molecule has 2 aromatic heterocycles. The molecule has 23 heavy (non-hydrogen) atoms. The second kappa shape index (κ2) is 5.51. The number of aromatic nitrogens is 4. The van der Waals surface area contributed by atoms with Gasteiger partial charge in [0.15, 0.2) is 5.52 Å². The second-order valence-corrected chi connectivity index (χ2v) is 5.85. The second-order valence-electron chi connectivity index (χ2n) is 5.85. The van der Waals surface area contributed by atoms with Gasteiger partial charge in [0.2, 0.25) is 0 Å². The monoisotopic (exact) mass is 310 g/mol. The molecule has 1 aliphatic heterocycles. The van der Waals surface area contributed by atoms with Gasteiger partial charge in [-0.15, -0.1) is 5.10 Å². The Hall–Kier alpha value is -2.67. The average Bonchev–Trinajstić information content (AvgIpc) is 2.93. The molecular weight excluding hydrogens is 292 g/mol. The van der Waals surface area contributed by atoms with Crippen molar-refractivity contribution in [2.75, 3.05) is 38.1 Å². The van der Waals surface area contributed by atoms with E-state index in [9.17, 15) is 4.79 Å². The standard InChI is InChI=1S/C16H18N6O/c1-20-8-10-21(11-9-20)12-2-4-13(5-3-12)22-14-6-7-17-18-15(14)16(23)19-22/h2-7H,8-11H2,1H3,(H,19,23). The summed E-state index contributed by atoms with van der Waals surface area (Å²) < 4.78 is 1.75. The summed E-state index contributed by atoms with van der Waals surface area (Å²) in [6, 6.07) is 10.0. The van der Waals surface area contributed by atoms with Crippen LogP contribution in [-0.2, 0) is 0 Å². The van der Waals surface area contributed by atoms with Crippen LogP contribution in [0.1, 0.15) is 0 Å². The predicted octanol–water partition coefficient (Wildman–Crippen LogP) is 0.861. The van der Waals surface area contributed by atoms with Crippen molar-refractivity contribution in [1.29, 1.82) is 0 Å². The molecule has 1 aromatic carbocycles. The fourth-order valence-electron chi connectivity index (χ4n) is 2.96. The van der Waals surface area contributed by atoms with E-state index < -0.39 is 0 Å². The number of hydrogen-bond donors (Lipinski definition) is 1. The van der Waals surface area contributed by atoms with Gasteiger partial charge < -0.3 is 9.80 Å². The van der Waals surface area contributed by atoms with E-state index in [0.29, 0.717) is 5.52 Å². The first-order valence-corrected chi connectivity index (χ1v) is 7.69. The number of benzene rings is 1. The molecule has 0 radical (unpaired) electrons. The van der Waals surface area contributed by atoms with Gasteiger partial charge in [-0.05, 0) is 37.4 Å². The molecule has 0 spiro atoms. The van der Waals surface area contributed by atoms with Gasteiger partial charge in [0, 0.05) is 31.9 Å². The number of likely N-dealkylation sites (N-methyl/N-ethyl adjacent to an activating group) is 1. The van der Waals surface area contributed by atoms with Crippen molar-refractivity contribution in [3.63, 3.8) is 0 Å². The molecule has 0 unspecified atom stereocenters. The van der Waals surface area contributed by atoms with Crippen LogP contribution in [0.25, 0.3) is 16.7 Å². The normalized spacial score (nSPS) is 16.1. The highest BCUT2D eigenvalue weighted by Crippen LogP contribution is 2.20. The smallest absolute Gasteiger partial charge is 0.292 e. The number of piperazine rings is 1. The Morgan fingerprint density at radius 1 is 1.00 bits per heavy atom. The maximum Gasteiger partial charge on any atom is 0.292 e. The lowest BCUT2D eigenvalue weighted by atomic mass is 10.2. The van der Waals surface area contributed by atoms with E-state index in [1.165, 1.54) is 5.69 Å². The summed E-state index contributed by atoms with van der Waals surface area (Å²) in [6.07, 6.45) is 1.59. The first kappa shape index (κ1) is 14.0. The number of hydrogen-bond acceptors (Lipinski definition) is 5. The van der Waals surface area contributed by atoms with Gasteiger partial charge in [-0.25, -0.2) is 0 Å². The van der Waals surface area contributed by atoms with Crippen LogP contribution in [-0.4, -0.2) is 58.1 Å². The maximum absolute atomic E-state index is 11.9.